The maximum absolute atomic E-state index is 16.9. The van der Waals surface area contributed by atoms with Crippen LogP contribution in [0.5, 0.6) is 11.9 Å². The Balaban J connectivity index is 1.12. The van der Waals surface area contributed by atoms with Crippen LogP contribution >= 0.6 is 22.9 Å². The number of rotatable bonds is 8. The summed E-state index contributed by atoms with van der Waals surface area (Å²) in [5.74, 6) is -0.419. The summed E-state index contributed by atoms with van der Waals surface area (Å²) in [5.41, 5.74) is 6.80. The van der Waals surface area contributed by atoms with E-state index in [1.807, 2.05) is 18.9 Å². The minimum Gasteiger partial charge on any atom is -0.474 e. The highest BCUT2D eigenvalue weighted by Crippen LogP contribution is 2.52. The number of hydrogen-bond acceptors (Lipinski definition) is 10. The van der Waals surface area contributed by atoms with Gasteiger partial charge in [-0.15, -0.1) is 11.3 Å². The monoisotopic (exact) mass is 711 g/mol. The van der Waals surface area contributed by atoms with Crippen LogP contribution in [-0.4, -0.2) is 82.7 Å². The van der Waals surface area contributed by atoms with Gasteiger partial charge in [-0.05, 0) is 76.6 Å². The lowest BCUT2D eigenvalue weighted by Crippen LogP contribution is -2.49. The first kappa shape index (κ1) is 32.9. The molecule has 3 aromatic rings. The molecule has 3 N–H and O–H groups in total. The van der Waals surface area contributed by atoms with E-state index in [2.05, 4.69) is 26.3 Å². The average Bonchev–Trinajstić information content (AvgIpc) is 3.99. The largest absolute Gasteiger partial charge is 0.474 e. The van der Waals surface area contributed by atoms with Crippen molar-refractivity contribution in [1.82, 2.24) is 25.1 Å². The molecule has 5 aliphatic rings. The molecule has 49 heavy (non-hydrogen) atoms. The third-order valence-electron chi connectivity index (χ3n) is 11.1. The van der Waals surface area contributed by atoms with Gasteiger partial charge in [-0.3, -0.25) is 10.1 Å². The summed E-state index contributed by atoms with van der Waals surface area (Å²) in [7, 11) is 2.04. The maximum atomic E-state index is 16.9. The van der Waals surface area contributed by atoms with E-state index in [0.717, 1.165) is 30.7 Å². The minimum atomic E-state index is -1.29. The van der Waals surface area contributed by atoms with Crippen molar-refractivity contribution in [1.29, 1.82) is 5.26 Å². The first-order valence-electron chi connectivity index (χ1n) is 17.3. The van der Waals surface area contributed by atoms with Gasteiger partial charge in [-0.25, -0.2) is 8.78 Å². The molecule has 7 atom stereocenters. The number of alkyl halides is 1. The van der Waals surface area contributed by atoms with E-state index in [4.69, 9.17) is 26.8 Å². The molecule has 3 aliphatic heterocycles. The van der Waals surface area contributed by atoms with Gasteiger partial charge in [0.25, 0.3) is 0 Å². The van der Waals surface area contributed by atoms with Crippen LogP contribution in [0.3, 0.4) is 0 Å². The van der Waals surface area contributed by atoms with Gasteiger partial charge in [0, 0.05) is 58.9 Å². The fourth-order valence-electron chi connectivity index (χ4n) is 8.19. The van der Waals surface area contributed by atoms with Crippen LogP contribution in [-0.2, 0) is 4.79 Å². The molecule has 14 heteroatoms. The van der Waals surface area contributed by atoms with E-state index in [1.165, 1.54) is 12.8 Å². The van der Waals surface area contributed by atoms with E-state index in [-0.39, 0.29) is 81.5 Å². The second kappa shape index (κ2) is 12.8. The second-order valence-corrected chi connectivity index (χ2v) is 15.9. The highest BCUT2D eigenvalue weighted by molar-refractivity contribution is 7.16. The zero-order valence-electron chi connectivity index (χ0n) is 27.6. The van der Waals surface area contributed by atoms with Crippen molar-refractivity contribution >= 4 is 44.7 Å². The molecule has 0 spiro atoms. The van der Waals surface area contributed by atoms with Gasteiger partial charge < -0.3 is 25.0 Å². The molecule has 2 aromatic heterocycles. The summed E-state index contributed by atoms with van der Waals surface area (Å²) in [4.78, 5) is 26.9. The normalized spacial score (nSPS) is 29.9. The molecule has 1 saturated carbocycles. The number of nitrogen functional groups attached to an aromatic ring is 1. The predicted octanol–water partition coefficient (Wildman–Crippen LogP) is 5.86. The van der Waals surface area contributed by atoms with Crippen LogP contribution in [0, 0.1) is 23.1 Å². The number of benzene rings is 1. The number of amides is 1. The van der Waals surface area contributed by atoms with E-state index in [9.17, 15) is 10.1 Å². The molecule has 3 saturated heterocycles. The Morgan fingerprint density at radius 3 is 2.73 bits per heavy atom. The molecule has 2 aliphatic carbocycles. The summed E-state index contributed by atoms with van der Waals surface area (Å²) in [6, 6.07) is 4.06. The first-order chi connectivity index (χ1) is 23.6. The SMILES string of the molecule is C[C@H]1CC(Oc2nc(OC[C@@H]3CCCN3C)nc3c(F)c([C@H]4CCC(F)c5sc(N)c(C#N)c54)c(Cl)cc23)CCN1C(=O)[C@@H]1N[C@H]1C1CC1. The van der Waals surface area contributed by atoms with Crippen LogP contribution in [0.25, 0.3) is 10.9 Å². The van der Waals surface area contributed by atoms with Gasteiger partial charge in [0.15, 0.2) is 5.82 Å². The molecule has 8 rings (SSSR count). The van der Waals surface area contributed by atoms with Crippen LogP contribution in [0.2, 0.25) is 5.02 Å². The van der Waals surface area contributed by atoms with Crippen LogP contribution < -0.4 is 20.5 Å². The molecule has 0 radical (unpaired) electrons. The smallest absolute Gasteiger partial charge is 0.320 e. The number of nitrogens with one attached hydrogen (secondary N) is 1. The fraction of sp³-hybridized carbons (Fsp3) is 0.600. The number of fused-ring (bicyclic) bond motifs is 2. The summed E-state index contributed by atoms with van der Waals surface area (Å²) < 4.78 is 44.6. The number of hydrogen-bond donors (Lipinski definition) is 2. The van der Waals surface area contributed by atoms with Gasteiger partial charge >= 0.3 is 6.01 Å². The molecule has 0 bridgehead atoms. The molecule has 5 heterocycles. The molecule has 1 amide bonds. The van der Waals surface area contributed by atoms with Crippen molar-refractivity contribution in [3.05, 3.63) is 38.5 Å². The average molecular weight is 712 g/mol. The lowest BCUT2D eigenvalue weighted by atomic mass is 9.79. The number of carbonyl (C=O) groups is 1. The number of thiophene rings is 1. The minimum absolute atomic E-state index is 0.00722. The molecule has 4 fully saturated rings. The Labute approximate surface area is 292 Å². The highest BCUT2D eigenvalue weighted by Gasteiger charge is 2.53. The fourth-order valence-corrected chi connectivity index (χ4v) is 9.61. The summed E-state index contributed by atoms with van der Waals surface area (Å²) in [5, 5.41) is 13.9. The number of nitriles is 1. The number of aromatic nitrogens is 2. The molecule has 1 aromatic carbocycles. The number of anilines is 1. The third-order valence-corrected chi connectivity index (χ3v) is 12.6. The quantitative estimate of drug-likeness (QED) is 0.275. The van der Waals surface area contributed by atoms with Crippen molar-refractivity contribution in [3.63, 3.8) is 0 Å². The Morgan fingerprint density at radius 1 is 1.20 bits per heavy atom. The number of carbonyl (C=O) groups excluding carboxylic acids is 1. The molecule has 2 unspecified atom stereocenters. The number of likely N-dealkylation sites (tertiary alicyclic amines) is 2. The Morgan fingerprint density at radius 2 is 2.02 bits per heavy atom. The highest BCUT2D eigenvalue weighted by atomic mass is 35.5. The van der Waals surface area contributed by atoms with E-state index in [1.54, 1.807) is 6.07 Å². The molecular formula is C35H40ClF2N7O3S. The zero-order chi connectivity index (χ0) is 34.1. The van der Waals surface area contributed by atoms with Gasteiger partial charge in [-0.1, -0.05) is 11.6 Å². The Kier molecular flexibility index (Phi) is 8.57. The third kappa shape index (κ3) is 5.98. The second-order valence-electron chi connectivity index (χ2n) is 14.4. The zero-order valence-corrected chi connectivity index (χ0v) is 29.1. The van der Waals surface area contributed by atoms with Crippen LogP contribution in [0.15, 0.2) is 6.07 Å². The summed E-state index contributed by atoms with van der Waals surface area (Å²) in [6.45, 7) is 3.88. The standard InChI is InChI=1S/C35H40ClF2N7O3S/c1-16-12-19(9-11-45(16)34(46)30-28(41-30)17-5-6-17)48-33-21-13-23(36)26(20-7-8-24(37)31-25(20)22(14-39)32(40)49-31)27(38)29(21)42-35(43-33)47-15-18-4-3-10-44(18)2/h13,16-20,24,28,30,41H,3-12,15,40H2,1-2H3/t16-,18-,19?,20-,24?,28-,30+/m0/s1. The van der Waals surface area contributed by atoms with Crippen molar-refractivity contribution in [3.8, 4) is 18.0 Å². The molecular weight excluding hydrogens is 672 g/mol. The first-order valence-corrected chi connectivity index (χ1v) is 18.5. The summed E-state index contributed by atoms with van der Waals surface area (Å²) in [6.07, 6.45) is 4.42. The number of likely N-dealkylation sites (N-methyl/N-ethyl adjacent to an activating group) is 1. The van der Waals surface area contributed by atoms with Crippen LogP contribution in [0.1, 0.15) is 91.9 Å². The number of ether oxygens (including phenoxy) is 2. The Bertz CT molecular complexity index is 1850. The van der Waals surface area contributed by atoms with Gasteiger partial charge in [0.05, 0.1) is 10.9 Å². The van der Waals surface area contributed by atoms with Gasteiger partial charge in [0.1, 0.15) is 41.5 Å². The van der Waals surface area contributed by atoms with Crippen molar-refractivity contribution in [2.75, 3.05) is 32.5 Å². The lowest BCUT2D eigenvalue weighted by Gasteiger charge is -2.37. The molecule has 10 nitrogen and oxygen atoms in total. The maximum Gasteiger partial charge on any atom is 0.320 e. The number of nitrogens with zero attached hydrogens (tertiary/aromatic N) is 5. The topological polar surface area (TPSA) is 140 Å². The van der Waals surface area contributed by atoms with E-state index < -0.39 is 17.9 Å². The number of nitrogens with two attached hydrogens (primary N) is 1. The van der Waals surface area contributed by atoms with E-state index >= 15 is 8.78 Å². The van der Waals surface area contributed by atoms with Gasteiger partial charge in [0.2, 0.25) is 11.8 Å². The Hall–Kier alpha value is -3.31. The number of halogens is 3. The van der Waals surface area contributed by atoms with Crippen LogP contribution in [0.4, 0.5) is 13.8 Å². The summed E-state index contributed by atoms with van der Waals surface area (Å²) >= 11 is 7.91. The lowest BCUT2D eigenvalue weighted by molar-refractivity contribution is -0.135. The van der Waals surface area contributed by atoms with Crippen molar-refractivity contribution in [2.45, 2.75) is 101 Å². The van der Waals surface area contributed by atoms with Crippen molar-refractivity contribution < 1.29 is 23.0 Å². The predicted molar refractivity (Wildman–Crippen MR) is 182 cm³/mol. The molecule has 260 valence electrons. The number of piperidine rings is 1. The van der Waals surface area contributed by atoms with Gasteiger partial charge in [-0.2, -0.15) is 15.2 Å². The van der Waals surface area contributed by atoms with Crippen molar-refractivity contribution in [2.24, 2.45) is 5.92 Å². The van der Waals surface area contributed by atoms with E-state index in [0.29, 0.717) is 53.8 Å².